The zero-order valence-corrected chi connectivity index (χ0v) is 14.5. The molecule has 0 aliphatic carbocycles. The van der Waals surface area contributed by atoms with Crippen LogP contribution in [0.5, 0.6) is 0 Å². The Morgan fingerprint density at radius 1 is 1.33 bits per heavy atom. The van der Waals surface area contributed by atoms with Crippen LogP contribution in [-0.4, -0.2) is 36.0 Å². The number of halogens is 2. The molecule has 2 aliphatic heterocycles. The van der Waals surface area contributed by atoms with Gasteiger partial charge < -0.3 is 10.2 Å². The monoisotopic (exact) mass is 370 g/mol. The van der Waals surface area contributed by atoms with E-state index in [4.69, 9.17) is 11.6 Å². The summed E-state index contributed by atoms with van der Waals surface area (Å²) in [7, 11) is 2.22. The molecule has 1 amide bonds. The van der Waals surface area contributed by atoms with Crippen molar-refractivity contribution in [3.8, 4) is 0 Å². The molecule has 3 nitrogen and oxygen atoms in total. The molecular formula is C16H20BrClN2O. The zero-order valence-electron chi connectivity index (χ0n) is 12.1. The van der Waals surface area contributed by atoms with Crippen LogP contribution in [0.4, 0.5) is 0 Å². The molecule has 2 heterocycles. The Bertz CT molecular complexity index is 537. The van der Waals surface area contributed by atoms with E-state index in [1.54, 1.807) is 12.1 Å². The molecule has 2 atom stereocenters. The van der Waals surface area contributed by atoms with Gasteiger partial charge in [-0.3, -0.25) is 4.79 Å². The number of nitrogens with one attached hydrogen (secondary N) is 1. The first-order chi connectivity index (χ1) is 10.0. The average molecular weight is 372 g/mol. The predicted molar refractivity (Wildman–Crippen MR) is 88.8 cm³/mol. The van der Waals surface area contributed by atoms with Crippen LogP contribution < -0.4 is 5.32 Å². The Labute approximate surface area is 139 Å². The maximum Gasteiger partial charge on any atom is 0.251 e. The summed E-state index contributed by atoms with van der Waals surface area (Å²) in [6.07, 6.45) is 5.95. The summed E-state index contributed by atoms with van der Waals surface area (Å²) >= 11 is 9.41. The first-order valence-electron chi connectivity index (χ1n) is 7.52. The number of carbonyl (C=O) groups is 1. The van der Waals surface area contributed by atoms with E-state index in [1.807, 2.05) is 6.07 Å². The second kappa shape index (κ2) is 6.27. The third-order valence-electron chi connectivity index (χ3n) is 4.86. The first-order valence-corrected chi connectivity index (χ1v) is 8.69. The SMILES string of the molecule is CN1C2CCCC1CC(NC(=O)c1ccc(Br)c(Cl)c1)C2. The maximum atomic E-state index is 12.4. The van der Waals surface area contributed by atoms with Crippen LogP contribution in [0.15, 0.2) is 22.7 Å². The maximum absolute atomic E-state index is 12.4. The molecule has 1 N–H and O–H groups in total. The largest absolute Gasteiger partial charge is 0.349 e. The van der Waals surface area contributed by atoms with E-state index >= 15 is 0 Å². The van der Waals surface area contributed by atoms with Gasteiger partial charge in [-0.25, -0.2) is 0 Å². The van der Waals surface area contributed by atoms with Gasteiger partial charge in [-0.1, -0.05) is 18.0 Å². The van der Waals surface area contributed by atoms with Gasteiger partial charge in [-0.2, -0.15) is 0 Å². The highest BCUT2D eigenvalue weighted by Gasteiger charge is 2.36. The summed E-state index contributed by atoms with van der Waals surface area (Å²) in [4.78, 5) is 14.9. The Balaban J connectivity index is 1.66. The topological polar surface area (TPSA) is 32.3 Å². The summed E-state index contributed by atoms with van der Waals surface area (Å²) < 4.78 is 0.814. The lowest BCUT2D eigenvalue weighted by Gasteiger charge is -2.47. The molecule has 3 rings (SSSR count). The molecule has 5 heteroatoms. The molecule has 2 saturated heterocycles. The molecule has 2 fully saturated rings. The van der Waals surface area contributed by atoms with Crippen molar-refractivity contribution in [1.29, 1.82) is 0 Å². The molecule has 1 aromatic carbocycles. The van der Waals surface area contributed by atoms with Crippen molar-refractivity contribution >= 4 is 33.4 Å². The average Bonchev–Trinajstić information content (AvgIpc) is 2.43. The lowest BCUT2D eigenvalue weighted by atomic mass is 9.82. The summed E-state index contributed by atoms with van der Waals surface area (Å²) in [6, 6.07) is 6.87. The molecular weight excluding hydrogens is 352 g/mol. The standard InChI is InChI=1S/C16H20BrClN2O/c1-20-12-3-2-4-13(20)9-11(8-12)19-16(21)10-5-6-14(17)15(18)7-10/h5-7,11-13H,2-4,8-9H2,1H3,(H,19,21). The molecule has 0 spiro atoms. The van der Waals surface area contributed by atoms with Crippen LogP contribution in [0.1, 0.15) is 42.5 Å². The lowest BCUT2D eigenvalue weighted by molar-refractivity contribution is 0.0463. The van der Waals surface area contributed by atoms with Crippen molar-refractivity contribution in [2.75, 3.05) is 7.05 Å². The summed E-state index contributed by atoms with van der Waals surface area (Å²) in [5.74, 6) is -0.0166. The van der Waals surface area contributed by atoms with Gasteiger partial charge in [-0.05, 0) is 66.9 Å². The number of hydrogen-bond acceptors (Lipinski definition) is 2. The summed E-state index contributed by atoms with van der Waals surface area (Å²) in [6.45, 7) is 0. The van der Waals surface area contributed by atoms with Gasteiger partial charge in [0.2, 0.25) is 0 Å². The van der Waals surface area contributed by atoms with Crippen LogP contribution in [0, 0.1) is 0 Å². The minimum Gasteiger partial charge on any atom is -0.349 e. The van der Waals surface area contributed by atoms with Gasteiger partial charge in [0.05, 0.1) is 5.02 Å². The Morgan fingerprint density at radius 2 is 2.00 bits per heavy atom. The van der Waals surface area contributed by atoms with Gasteiger partial charge in [0.15, 0.2) is 0 Å². The Kier molecular flexibility index (Phi) is 4.57. The van der Waals surface area contributed by atoms with Crippen LogP contribution in [-0.2, 0) is 0 Å². The van der Waals surface area contributed by atoms with Crippen LogP contribution in [0.25, 0.3) is 0 Å². The van der Waals surface area contributed by atoms with Crippen LogP contribution >= 0.6 is 27.5 Å². The van der Waals surface area contributed by atoms with E-state index in [0.717, 1.165) is 17.3 Å². The van der Waals surface area contributed by atoms with E-state index in [-0.39, 0.29) is 11.9 Å². The van der Waals surface area contributed by atoms with Crippen molar-refractivity contribution in [3.05, 3.63) is 33.3 Å². The second-order valence-corrected chi connectivity index (χ2v) is 7.44. The molecule has 21 heavy (non-hydrogen) atoms. The minimum atomic E-state index is -0.0166. The molecule has 0 aromatic heterocycles. The van der Waals surface area contributed by atoms with Crippen molar-refractivity contribution < 1.29 is 4.79 Å². The zero-order chi connectivity index (χ0) is 15.0. The molecule has 0 saturated carbocycles. The van der Waals surface area contributed by atoms with Gasteiger partial charge >= 0.3 is 0 Å². The number of nitrogens with zero attached hydrogens (tertiary/aromatic N) is 1. The molecule has 2 unspecified atom stereocenters. The molecule has 2 bridgehead atoms. The number of piperidine rings is 2. The number of fused-ring (bicyclic) bond motifs is 2. The fourth-order valence-electron chi connectivity index (χ4n) is 3.64. The van der Waals surface area contributed by atoms with E-state index in [1.165, 1.54) is 19.3 Å². The van der Waals surface area contributed by atoms with Crippen molar-refractivity contribution in [2.24, 2.45) is 0 Å². The molecule has 114 valence electrons. The van der Waals surface area contributed by atoms with Gasteiger partial charge in [0.1, 0.15) is 0 Å². The predicted octanol–water partition coefficient (Wildman–Crippen LogP) is 3.85. The number of rotatable bonds is 2. The van der Waals surface area contributed by atoms with E-state index < -0.39 is 0 Å². The van der Waals surface area contributed by atoms with Gasteiger partial charge in [-0.15, -0.1) is 0 Å². The van der Waals surface area contributed by atoms with E-state index in [2.05, 4.69) is 33.2 Å². The molecule has 1 aromatic rings. The van der Waals surface area contributed by atoms with E-state index in [9.17, 15) is 4.79 Å². The first kappa shape index (κ1) is 15.3. The third-order valence-corrected chi connectivity index (χ3v) is 6.09. The lowest BCUT2D eigenvalue weighted by Crippen LogP contribution is -2.55. The van der Waals surface area contributed by atoms with Crippen molar-refractivity contribution in [2.45, 2.75) is 50.2 Å². The fraction of sp³-hybridized carbons (Fsp3) is 0.562. The van der Waals surface area contributed by atoms with Crippen LogP contribution in [0.3, 0.4) is 0 Å². The summed E-state index contributed by atoms with van der Waals surface area (Å²) in [5, 5.41) is 3.76. The Morgan fingerprint density at radius 3 is 2.62 bits per heavy atom. The smallest absolute Gasteiger partial charge is 0.251 e. The number of amides is 1. The quantitative estimate of drug-likeness (QED) is 0.856. The van der Waals surface area contributed by atoms with Crippen LogP contribution in [0.2, 0.25) is 5.02 Å². The highest BCUT2D eigenvalue weighted by Crippen LogP contribution is 2.32. The van der Waals surface area contributed by atoms with Crippen molar-refractivity contribution in [3.63, 3.8) is 0 Å². The van der Waals surface area contributed by atoms with E-state index in [0.29, 0.717) is 22.7 Å². The molecule has 2 aliphatic rings. The number of hydrogen-bond donors (Lipinski definition) is 1. The highest BCUT2D eigenvalue weighted by atomic mass is 79.9. The number of benzene rings is 1. The van der Waals surface area contributed by atoms with Gasteiger partial charge in [0, 0.05) is 28.2 Å². The normalized spacial score (nSPS) is 29.2. The number of carbonyl (C=O) groups excluding carboxylic acids is 1. The van der Waals surface area contributed by atoms with Gasteiger partial charge in [0.25, 0.3) is 5.91 Å². The minimum absolute atomic E-state index is 0.0166. The molecule has 0 radical (unpaired) electrons. The fourth-order valence-corrected chi connectivity index (χ4v) is 4.07. The summed E-state index contributed by atoms with van der Waals surface area (Å²) in [5.41, 5.74) is 0.632. The third kappa shape index (κ3) is 3.27. The highest BCUT2D eigenvalue weighted by molar-refractivity contribution is 9.10. The Hall–Kier alpha value is -0.580. The van der Waals surface area contributed by atoms with Crippen molar-refractivity contribution in [1.82, 2.24) is 10.2 Å². The second-order valence-electron chi connectivity index (χ2n) is 6.17.